The number of Topliss-reactive ketones (excluding diaryl/α,β-unsaturated/α-hetero) is 1. The molecule has 8 heteroatoms. The number of hydrogen-bond acceptors (Lipinski definition) is 7. The van der Waals surface area contributed by atoms with Crippen LogP contribution >= 0.6 is 0 Å². The molecule has 6 heterocycles. The van der Waals surface area contributed by atoms with Crippen molar-refractivity contribution in [2.75, 3.05) is 46.2 Å². The van der Waals surface area contributed by atoms with Gasteiger partial charge in [-0.25, -0.2) is 0 Å². The van der Waals surface area contributed by atoms with Crippen LogP contribution in [0.15, 0.2) is 48.0 Å². The summed E-state index contributed by atoms with van der Waals surface area (Å²) in [4.78, 5) is 37.4. The molecular formula is C41H50N4O4. The molecule has 0 radical (unpaired) electrons. The molecule has 4 saturated heterocycles. The molecule has 2 aromatic carbocycles. The van der Waals surface area contributed by atoms with Crippen LogP contribution in [0.25, 0.3) is 10.9 Å². The number of aromatic amines is 1. The van der Waals surface area contributed by atoms with Crippen LogP contribution in [0.3, 0.4) is 0 Å². The van der Waals surface area contributed by atoms with Gasteiger partial charge in [-0.3, -0.25) is 19.4 Å². The van der Waals surface area contributed by atoms with Crippen LogP contribution in [0.2, 0.25) is 0 Å². The number of hydrogen-bond donors (Lipinski definition) is 2. The largest absolute Gasteiger partial charge is 0.496 e. The molecule has 2 aliphatic carbocycles. The molecule has 5 aliphatic heterocycles. The molecule has 6 bridgehead atoms. The number of fused-ring (bicyclic) bond motifs is 7. The summed E-state index contributed by atoms with van der Waals surface area (Å²) in [6.07, 6.45) is 8.14. The fourth-order valence-corrected chi connectivity index (χ4v) is 11.8. The highest BCUT2D eigenvalue weighted by atomic mass is 16.5. The van der Waals surface area contributed by atoms with Gasteiger partial charge in [0.2, 0.25) is 0 Å². The zero-order valence-electron chi connectivity index (χ0n) is 29.6. The first kappa shape index (κ1) is 31.4. The molecule has 8 nitrogen and oxygen atoms in total. The Balaban J connectivity index is 1.19. The Morgan fingerprint density at radius 2 is 1.98 bits per heavy atom. The van der Waals surface area contributed by atoms with E-state index in [-0.39, 0.29) is 35.5 Å². The van der Waals surface area contributed by atoms with E-state index in [0.29, 0.717) is 23.8 Å². The van der Waals surface area contributed by atoms with Gasteiger partial charge in [-0.05, 0) is 87.6 Å². The van der Waals surface area contributed by atoms with Gasteiger partial charge in [0.15, 0.2) is 5.78 Å². The second-order valence-electron chi connectivity index (χ2n) is 16.0. The summed E-state index contributed by atoms with van der Waals surface area (Å²) in [5, 5.41) is 5.17. The minimum absolute atomic E-state index is 0.00944. The Bertz CT molecular complexity index is 1870. The second-order valence-corrected chi connectivity index (χ2v) is 16.0. The molecule has 49 heavy (non-hydrogen) atoms. The van der Waals surface area contributed by atoms with Crippen LogP contribution in [-0.4, -0.2) is 85.1 Å². The number of carbonyl (C=O) groups excluding carboxylic acids is 2. The van der Waals surface area contributed by atoms with E-state index in [9.17, 15) is 9.59 Å². The predicted molar refractivity (Wildman–Crippen MR) is 191 cm³/mol. The van der Waals surface area contributed by atoms with Gasteiger partial charge in [-0.1, -0.05) is 43.2 Å². The quantitative estimate of drug-likeness (QED) is 0.247. The number of likely N-dealkylation sites (tertiary alicyclic amines) is 1. The number of ether oxygens (including phenoxy) is 2. The number of para-hydroxylation sites is 1. The van der Waals surface area contributed by atoms with Crippen molar-refractivity contribution in [3.63, 3.8) is 0 Å². The number of nitrogens with one attached hydrogen (secondary N) is 2. The van der Waals surface area contributed by atoms with Crippen LogP contribution in [0.5, 0.6) is 5.75 Å². The number of piperidine rings is 4. The lowest BCUT2D eigenvalue weighted by molar-refractivity contribution is -0.151. The van der Waals surface area contributed by atoms with E-state index in [1.807, 2.05) is 6.07 Å². The maximum Gasteiger partial charge on any atom is 0.310 e. The first-order chi connectivity index (χ1) is 23.8. The molecule has 1 unspecified atom stereocenters. The lowest BCUT2D eigenvalue weighted by Crippen LogP contribution is -2.70. The smallest absolute Gasteiger partial charge is 0.310 e. The van der Waals surface area contributed by atoms with Gasteiger partial charge in [0, 0.05) is 77.0 Å². The number of aromatic nitrogens is 1. The fraction of sp³-hybridized carbons (Fsp3) is 0.561. The maximum atomic E-state index is 14.7. The van der Waals surface area contributed by atoms with E-state index in [2.05, 4.69) is 77.4 Å². The van der Waals surface area contributed by atoms with Gasteiger partial charge < -0.3 is 19.8 Å². The number of carbonyl (C=O) groups is 2. The number of H-pyrrole nitrogens is 1. The average Bonchev–Trinajstić information content (AvgIpc) is 3.62. The third-order valence-corrected chi connectivity index (χ3v) is 14.0. The highest BCUT2D eigenvalue weighted by molar-refractivity contribution is 6.14. The molecule has 7 aliphatic rings. The van der Waals surface area contributed by atoms with Gasteiger partial charge in [-0.15, -0.1) is 0 Å². The number of anilines is 1. The van der Waals surface area contributed by atoms with Gasteiger partial charge in [-0.2, -0.15) is 0 Å². The highest BCUT2D eigenvalue weighted by Crippen LogP contribution is 2.57. The molecule has 2 N–H and O–H groups in total. The van der Waals surface area contributed by atoms with Crippen molar-refractivity contribution in [2.45, 2.75) is 75.9 Å². The van der Waals surface area contributed by atoms with E-state index in [1.165, 1.54) is 48.7 Å². The Kier molecular flexibility index (Phi) is 7.33. The first-order valence-electron chi connectivity index (χ1n) is 18.6. The maximum absolute atomic E-state index is 14.7. The zero-order valence-corrected chi connectivity index (χ0v) is 29.6. The SMILES string of the molecule is C/C=C1/CN(C)[C@H]2Cc3c([nH]c4ccccc34)[C@@H](c3cc4c(cc3OC)C(=O)[C@@]3(CCN5C[C@H]6C[C@H](CC)[C@H]5[C@H]3C6)N4)C[C@H]1[C@@H]2C(=O)OC. The molecule has 1 spiro atoms. The molecule has 10 rings (SSSR count). The van der Waals surface area contributed by atoms with Crippen molar-refractivity contribution in [1.82, 2.24) is 14.8 Å². The van der Waals surface area contributed by atoms with Gasteiger partial charge in [0.05, 0.1) is 20.1 Å². The van der Waals surface area contributed by atoms with Crippen LogP contribution in [0.1, 0.15) is 79.0 Å². The molecule has 1 aromatic heterocycles. The number of nitrogens with zero attached hydrogens (tertiary/aromatic N) is 2. The van der Waals surface area contributed by atoms with E-state index >= 15 is 0 Å². The molecule has 0 amide bonds. The first-order valence-corrected chi connectivity index (χ1v) is 18.6. The molecule has 258 valence electrons. The summed E-state index contributed by atoms with van der Waals surface area (Å²) in [6, 6.07) is 13.3. The predicted octanol–water partition coefficient (Wildman–Crippen LogP) is 6.41. The number of ketones is 1. The summed E-state index contributed by atoms with van der Waals surface area (Å²) in [5.74, 6) is 2.16. The lowest BCUT2D eigenvalue weighted by atomic mass is 9.56. The number of rotatable bonds is 4. The third-order valence-electron chi connectivity index (χ3n) is 14.0. The molecule has 10 atom stereocenters. The van der Waals surface area contributed by atoms with Crippen LogP contribution in [0.4, 0.5) is 5.69 Å². The van der Waals surface area contributed by atoms with E-state index in [1.54, 1.807) is 7.11 Å². The van der Waals surface area contributed by atoms with E-state index in [0.717, 1.165) is 66.9 Å². The van der Waals surface area contributed by atoms with Crippen molar-refractivity contribution in [3.05, 3.63) is 70.4 Å². The minimum Gasteiger partial charge on any atom is -0.496 e. The number of esters is 1. The monoisotopic (exact) mass is 662 g/mol. The summed E-state index contributed by atoms with van der Waals surface area (Å²) < 4.78 is 11.8. The Hall–Kier alpha value is -3.62. The number of allylic oxidation sites excluding steroid dienone is 1. The summed E-state index contributed by atoms with van der Waals surface area (Å²) >= 11 is 0. The lowest BCUT2D eigenvalue weighted by Gasteiger charge is -2.62. The number of likely N-dealkylation sites (N-methyl/N-ethyl adjacent to an activating group) is 1. The van der Waals surface area contributed by atoms with Crippen LogP contribution in [-0.2, 0) is 16.0 Å². The molecular weight excluding hydrogens is 612 g/mol. The van der Waals surface area contributed by atoms with Gasteiger partial charge >= 0.3 is 5.97 Å². The summed E-state index contributed by atoms with van der Waals surface area (Å²) in [7, 11) is 5.39. The second kappa shape index (κ2) is 11.5. The molecule has 3 aromatic rings. The number of methoxy groups -OCH3 is 2. The standard InChI is InChI=1S/C41H50N4O4/c1-6-23-14-22-15-31-38(23)45(20-22)13-12-41(31)39(46)30-19-35(48-4)27(17-33(30)43-41)28-16-26-24(7-2)21-44(3)34(36(26)40(47)49-5)18-29-25-10-8-9-11-32(25)42-37(28)29/h7-11,17,19,22-23,26,28,31,34,36,38,42-43H,6,12-16,18,20-21H2,1-5H3/b24-7-/t22-,23-,26+,28+,31+,34-,36-,38-,41-/m0/s1. The van der Waals surface area contributed by atoms with Crippen molar-refractivity contribution < 1.29 is 19.1 Å². The molecule has 5 fully saturated rings. The Labute approximate surface area is 289 Å². The van der Waals surface area contributed by atoms with Crippen molar-refractivity contribution in [2.24, 2.45) is 29.6 Å². The number of benzene rings is 2. The zero-order chi connectivity index (χ0) is 33.8. The Morgan fingerprint density at radius 3 is 2.76 bits per heavy atom. The van der Waals surface area contributed by atoms with Crippen molar-refractivity contribution in [3.8, 4) is 5.75 Å². The van der Waals surface area contributed by atoms with E-state index in [4.69, 9.17) is 9.47 Å². The third kappa shape index (κ3) is 4.41. The average molecular weight is 663 g/mol. The highest BCUT2D eigenvalue weighted by Gasteiger charge is 2.62. The topological polar surface area (TPSA) is 86.9 Å². The summed E-state index contributed by atoms with van der Waals surface area (Å²) in [5.41, 5.74) is 7.05. The van der Waals surface area contributed by atoms with Gasteiger partial charge in [0.1, 0.15) is 11.3 Å². The van der Waals surface area contributed by atoms with Crippen LogP contribution in [0, 0.1) is 29.6 Å². The molecule has 1 saturated carbocycles. The normalized spacial score (nSPS) is 37.0. The Morgan fingerprint density at radius 1 is 1.14 bits per heavy atom. The summed E-state index contributed by atoms with van der Waals surface area (Å²) in [6.45, 7) is 7.42. The fourth-order valence-electron chi connectivity index (χ4n) is 11.8. The van der Waals surface area contributed by atoms with Crippen LogP contribution < -0.4 is 10.1 Å². The van der Waals surface area contributed by atoms with E-state index < -0.39 is 5.54 Å². The van der Waals surface area contributed by atoms with Crippen molar-refractivity contribution in [1.29, 1.82) is 0 Å². The van der Waals surface area contributed by atoms with Crippen molar-refractivity contribution >= 4 is 28.3 Å². The van der Waals surface area contributed by atoms with Gasteiger partial charge in [0.25, 0.3) is 0 Å². The minimum atomic E-state index is -0.553.